The first-order chi connectivity index (χ1) is 23.4. The molecule has 0 spiro atoms. The second-order valence-corrected chi connectivity index (χ2v) is 19.0. The zero-order valence-corrected chi connectivity index (χ0v) is 34.6. The summed E-state index contributed by atoms with van der Waals surface area (Å²) in [5.41, 5.74) is 0.387. The van der Waals surface area contributed by atoms with E-state index in [4.69, 9.17) is 9.47 Å². The molecule has 2 rings (SSSR count). The van der Waals surface area contributed by atoms with Crippen LogP contribution in [0.3, 0.4) is 0 Å². The van der Waals surface area contributed by atoms with Crippen LogP contribution in [0.5, 0.6) is 0 Å². The van der Waals surface area contributed by atoms with Gasteiger partial charge in [0.05, 0.1) is 19.2 Å². The maximum absolute atomic E-state index is 13.0. The van der Waals surface area contributed by atoms with Gasteiger partial charge in [0.2, 0.25) is 0 Å². The van der Waals surface area contributed by atoms with Crippen LogP contribution >= 0.6 is 0 Å². The number of ether oxygens (including phenoxy) is 2. The van der Waals surface area contributed by atoms with Crippen molar-refractivity contribution in [3.63, 3.8) is 0 Å². The number of esters is 2. The number of hydrogen-bond acceptors (Lipinski definition) is 10. The van der Waals surface area contributed by atoms with E-state index in [1.807, 2.05) is 64.6 Å². The lowest BCUT2D eigenvalue weighted by molar-refractivity contribution is -0.157. The fraction of sp³-hybridized carbons (Fsp3) is 0.805. The van der Waals surface area contributed by atoms with Gasteiger partial charge in [-0.2, -0.15) is 0 Å². The molecular weight excluding hydrogens is 642 g/mol. The van der Waals surface area contributed by atoms with Crippen LogP contribution in [-0.4, -0.2) is 157 Å². The normalized spacial score (nSPS) is 18.2. The summed E-state index contributed by atoms with van der Waals surface area (Å²) in [5.74, 6) is -0.499. The predicted molar refractivity (Wildman–Crippen MR) is 209 cm³/mol. The van der Waals surface area contributed by atoms with Crippen molar-refractivity contribution in [3.8, 4) is 0 Å². The van der Waals surface area contributed by atoms with Gasteiger partial charge in [-0.25, -0.2) is 0 Å². The van der Waals surface area contributed by atoms with E-state index in [-0.39, 0.29) is 35.9 Å². The molecule has 0 bridgehead atoms. The molecule has 294 valence electrons. The topological polar surface area (TPSA) is 89.0 Å². The minimum absolute atomic E-state index is 0.120. The number of rotatable bonds is 13. The van der Waals surface area contributed by atoms with Gasteiger partial charge in [0.25, 0.3) is 0 Å². The number of aliphatic hydroxyl groups is 1. The first-order valence-electron chi connectivity index (χ1n) is 19.2. The third-order valence-electron chi connectivity index (χ3n) is 8.37. The van der Waals surface area contributed by atoms with E-state index in [1.54, 1.807) is 0 Å². The molecule has 1 aromatic rings. The lowest BCUT2D eigenvalue weighted by atomic mass is 9.95. The number of benzene rings is 1. The summed E-state index contributed by atoms with van der Waals surface area (Å²) in [6.45, 7) is 35.5. The highest BCUT2D eigenvalue weighted by Gasteiger charge is 2.26. The van der Waals surface area contributed by atoms with Crippen LogP contribution in [0.2, 0.25) is 0 Å². The Morgan fingerprint density at radius 2 is 1.10 bits per heavy atom. The monoisotopic (exact) mass is 718 g/mol. The van der Waals surface area contributed by atoms with Gasteiger partial charge in [-0.15, -0.1) is 0 Å². The van der Waals surface area contributed by atoms with Crippen molar-refractivity contribution in [2.45, 2.75) is 107 Å². The minimum Gasteiger partial charge on any atom is -0.459 e. The van der Waals surface area contributed by atoms with Gasteiger partial charge in [-0.1, -0.05) is 71.9 Å². The largest absolute Gasteiger partial charge is 0.459 e. The SMILES string of the molecule is CC(C)(C)CN1CCN(CC(=O)OC(C)(C)C)CCN(CC(O)CN(CCc2ccccc2)CC(=O)OC(C)(C)C)CCN(CC(C)(C)C)CC1. The van der Waals surface area contributed by atoms with Crippen LogP contribution in [0.4, 0.5) is 0 Å². The van der Waals surface area contributed by atoms with Crippen LogP contribution in [0, 0.1) is 10.8 Å². The zero-order valence-electron chi connectivity index (χ0n) is 34.6. The molecule has 1 aliphatic heterocycles. The van der Waals surface area contributed by atoms with Gasteiger partial charge in [-0.05, 0) is 64.4 Å². The first-order valence-corrected chi connectivity index (χ1v) is 19.2. The van der Waals surface area contributed by atoms with E-state index in [9.17, 15) is 14.7 Å². The molecule has 1 heterocycles. The molecule has 1 aromatic carbocycles. The summed E-state index contributed by atoms with van der Waals surface area (Å²) in [4.78, 5) is 37.6. The smallest absolute Gasteiger partial charge is 0.320 e. The average molecular weight is 718 g/mol. The standard InChI is InChI=1S/C41H75N5O5/c1-38(2,3)32-44-24-22-42(20-21-43(30-36(48)50-40(7,8)9)23-25-45(27-26-44)33-39(4,5)6)28-35(47)29-46(31-37(49)51-41(10,11)12)19-18-34-16-14-13-15-17-34/h13-17,35,47H,18-33H2,1-12H3. The highest BCUT2D eigenvalue weighted by Crippen LogP contribution is 2.18. The molecule has 1 N–H and O–H groups in total. The molecule has 10 heteroatoms. The number of nitrogens with zero attached hydrogens (tertiary/aromatic N) is 5. The van der Waals surface area contributed by atoms with Crippen LogP contribution in [0.25, 0.3) is 0 Å². The van der Waals surface area contributed by atoms with Crippen molar-refractivity contribution in [3.05, 3.63) is 35.9 Å². The number of carbonyl (C=O) groups excluding carboxylic acids is 2. The highest BCUT2D eigenvalue weighted by atomic mass is 16.6. The summed E-state index contributed by atoms with van der Waals surface area (Å²) in [6.07, 6.45) is 0.0991. The highest BCUT2D eigenvalue weighted by molar-refractivity contribution is 5.72. The van der Waals surface area contributed by atoms with E-state index < -0.39 is 17.3 Å². The summed E-state index contributed by atoms with van der Waals surface area (Å²) in [6, 6.07) is 10.2. The van der Waals surface area contributed by atoms with Crippen LogP contribution in [0.1, 0.15) is 88.6 Å². The molecule has 51 heavy (non-hydrogen) atoms. The van der Waals surface area contributed by atoms with Gasteiger partial charge in [0.15, 0.2) is 0 Å². The number of hydrogen-bond donors (Lipinski definition) is 1. The van der Waals surface area contributed by atoms with Gasteiger partial charge in [-0.3, -0.25) is 24.3 Å². The molecule has 0 aliphatic carbocycles. The van der Waals surface area contributed by atoms with Crippen LogP contribution < -0.4 is 0 Å². The van der Waals surface area contributed by atoms with Crippen molar-refractivity contribution in [1.82, 2.24) is 24.5 Å². The molecular formula is C41H75N5O5. The Morgan fingerprint density at radius 3 is 1.55 bits per heavy atom. The number of β-amino-alcohol motifs (C(OH)–C–C–N with tert-alkyl or cyclic N) is 1. The van der Waals surface area contributed by atoms with E-state index in [2.05, 4.69) is 73.3 Å². The lowest BCUT2D eigenvalue weighted by Crippen LogP contribution is -2.51. The fourth-order valence-corrected chi connectivity index (χ4v) is 6.51. The Kier molecular flexibility index (Phi) is 18.0. The van der Waals surface area contributed by atoms with E-state index in [0.29, 0.717) is 32.7 Å². The Bertz CT molecular complexity index is 1150. The molecule has 10 nitrogen and oxygen atoms in total. The molecule has 0 aromatic heterocycles. The third-order valence-corrected chi connectivity index (χ3v) is 8.37. The Balaban J connectivity index is 2.27. The number of carbonyl (C=O) groups is 2. The van der Waals surface area contributed by atoms with Crippen molar-refractivity contribution in [2.24, 2.45) is 10.8 Å². The molecule has 0 amide bonds. The van der Waals surface area contributed by atoms with E-state index in [0.717, 1.165) is 58.8 Å². The molecule has 0 radical (unpaired) electrons. The zero-order chi connectivity index (χ0) is 38.5. The van der Waals surface area contributed by atoms with Crippen molar-refractivity contribution in [1.29, 1.82) is 0 Å². The molecule has 0 saturated carbocycles. The quantitative estimate of drug-likeness (QED) is 0.285. The second kappa shape index (κ2) is 20.4. The summed E-state index contributed by atoms with van der Waals surface area (Å²) in [7, 11) is 0. The fourth-order valence-electron chi connectivity index (χ4n) is 6.51. The molecule has 1 fully saturated rings. The molecule has 1 atom stereocenters. The second-order valence-electron chi connectivity index (χ2n) is 19.0. The minimum atomic E-state index is -0.672. The molecule has 1 saturated heterocycles. The maximum Gasteiger partial charge on any atom is 0.320 e. The number of aliphatic hydroxyl groups excluding tert-OH is 1. The summed E-state index contributed by atoms with van der Waals surface area (Å²) in [5, 5.41) is 11.6. The van der Waals surface area contributed by atoms with Crippen LogP contribution in [0.15, 0.2) is 30.3 Å². The van der Waals surface area contributed by atoms with Crippen molar-refractivity contribution < 1.29 is 24.2 Å². The Morgan fingerprint density at radius 1 is 0.667 bits per heavy atom. The average Bonchev–Trinajstić information content (AvgIpc) is 2.94. The maximum atomic E-state index is 13.0. The predicted octanol–water partition coefficient (Wildman–Crippen LogP) is 4.89. The van der Waals surface area contributed by atoms with Crippen molar-refractivity contribution >= 4 is 11.9 Å². The van der Waals surface area contributed by atoms with Crippen molar-refractivity contribution in [2.75, 3.05) is 98.2 Å². The van der Waals surface area contributed by atoms with E-state index >= 15 is 0 Å². The van der Waals surface area contributed by atoms with Gasteiger partial charge in [0, 0.05) is 85.1 Å². The third kappa shape index (κ3) is 22.6. The summed E-state index contributed by atoms with van der Waals surface area (Å²) < 4.78 is 11.4. The Labute approximate surface area is 311 Å². The molecule has 1 unspecified atom stereocenters. The lowest BCUT2D eigenvalue weighted by Gasteiger charge is -2.38. The van der Waals surface area contributed by atoms with E-state index in [1.165, 1.54) is 5.56 Å². The first kappa shape index (κ1) is 45.1. The van der Waals surface area contributed by atoms with Gasteiger partial charge < -0.3 is 24.4 Å². The van der Waals surface area contributed by atoms with Crippen LogP contribution in [-0.2, 0) is 25.5 Å². The molecule has 1 aliphatic rings. The Hall–Kier alpha value is -2.08. The van der Waals surface area contributed by atoms with Gasteiger partial charge >= 0.3 is 11.9 Å². The summed E-state index contributed by atoms with van der Waals surface area (Å²) >= 11 is 0. The van der Waals surface area contributed by atoms with Gasteiger partial charge in [0.1, 0.15) is 11.2 Å².